The molecule has 3 nitrogen and oxygen atoms in total. The molecule has 0 radical (unpaired) electrons. The summed E-state index contributed by atoms with van der Waals surface area (Å²) in [6.07, 6.45) is 0. The van der Waals surface area contributed by atoms with Crippen molar-refractivity contribution in [2.75, 3.05) is 10.3 Å². The normalized spacial score (nSPS) is 13.1. The summed E-state index contributed by atoms with van der Waals surface area (Å²) >= 11 is 5.89. The molecule has 0 unspecified atom stereocenters. The summed E-state index contributed by atoms with van der Waals surface area (Å²) in [4.78, 5) is 10.2. The second-order valence-corrected chi connectivity index (χ2v) is 2.54. The van der Waals surface area contributed by atoms with Crippen LogP contribution in [0, 0.1) is 0 Å². The highest BCUT2D eigenvalue weighted by molar-refractivity contribution is 14.1. The molecule has 0 amide bonds. The first-order chi connectivity index (χ1) is 4.22. The summed E-state index contributed by atoms with van der Waals surface area (Å²) in [6.45, 7) is 0. The van der Waals surface area contributed by atoms with Gasteiger partial charge < -0.3 is 5.11 Å². The molecule has 0 aliphatic carbocycles. The van der Waals surface area contributed by atoms with Crippen molar-refractivity contribution in [3.8, 4) is 0 Å². The molecule has 0 aromatic carbocycles. The second-order valence-electron chi connectivity index (χ2n) is 1.41. The molecule has 0 rings (SSSR count). The Hall–Kier alpha value is 0.510. The van der Waals surface area contributed by atoms with E-state index in [0.29, 0.717) is 10.3 Å². The third-order valence-electron chi connectivity index (χ3n) is 0.804. The van der Waals surface area contributed by atoms with Gasteiger partial charge in [0.15, 0.2) is 0 Å². The van der Waals surface area contributed by atoms with Crippen LogP contribution in [0.2, 0.25) is 0 Å². The van der Waals surface area contributed by atoms with Crippen LogP contribution < -0.4 is 5.32 Å². The Bertz CT molecular complexity index is 101. The molecule has 1 atom stereocenters. The van der Waals surface area contributed by atoms with E-state index in [1.54, 1.807) is 0 Å². The summed E-state index contributed by atoms with van der Waals surface area (Å²) < 4.78 is 0.634. The number of carboxylic acids is 1. The van der Waals surface area contributed by atoms with E-state index in [1.807, 2.05) is 0 Å². The molecule has 0 saturated carbocycles. The topological polar surface area (TPSA) is 49.3 Å². The fraction of sp³-hybridized carbons (Fsp3) is 0.750. The molecule has 0 aromatic rings. The van der Waals surface area contributed by atoms with Crippen LogP contribution in [-0.4, -0.2) is 27.4 Å². The fourth-order valence-electron chi connectivity index (χ4n) is 0.323. The van der Waals surface area contributed by atoms with Crippen molar-refractivity contribution < 1.29 is 9.90 Å². The van der Waals surface area contributed by atoms with Crippen LogP contribution in [0.4, 0.5) is 0 Å². The van der Waals surface area contributed by atoms with Crippen molar-refractivity contribution in [2.45, 2.75) is 6.04 Å². The maximum atomic E-state index is 10.2. The first-order valence-corrected chi connectivity index (χ1v) is 4.51. The van der Waals surface area contributed by atoms with E-state index in [0.717, 1.165) is 0 Å². The lowest BCUT2D eigenvalue weighted by Gasteiger charge is -2.07. The van der Waals surface area contributed by atoms with Crippen LogP contribution in [-0.2, 0) is 4.79 Å². The summed E-state index contributed by atoms with van der Waals surface area (Å²) in [6, 6.07) is -0.509. The Morgan fingerprint density at radius 1 is 1.89 bits per heavy atom. The number of hydrogen-bond acceptors (Lipinski definition) is 3. The van der Waals surface area contributed by atoms with Gasteiger partial charge in [0.25, 0.3) is 0 Å². The second kappa shape index (κ2) is 5.31. The summed E-state index contributed by atoms with van der Waals surface area (Å²) in [5.74, 6) is -0.514. The lowest BCUT2D eigenvalue weighted by Crippen LogP contribution is -2.37. The smallest absolute Gasteiger partial charge is 0.321 e. The molecule has 0 aliphatic heterocycles. The monoisotopic (exact) mass is 261 g/mol. The van der Waals surface area contributed by atoms with Gasteiger partial charge in [0, 0.05) is 10.3 Å². The Balaban J connectivity index is 3.54. The SMILES string of the molecule is O=C(O)[C@H](CS)NCI. The molecule has 5 heteroatoms. The first kappa shape index (κ1) is 9.51. The van der Waals surface area contributed by atoms with Crippen molar-refractivity contribution in [3.05, 3.63) is 0 Å². The highest BCUT2D eigenvalue weighted by atomic mass is 127. The summed E-state index contributed by atoms with van der Waals surface area (Å²) in [7, 11) is 0. The third kappa shape index (κ3) is 3.99. The Labute approximate surface area is 72.8 Å². The molecule has 0 bridgehead atoms. The lowest BCUT2D eigenvalue weighted by molar-refractivity contribution is -0.138. The molecular weight excluding hydrogens is 253 g/mol. The standard InChI is InChI=1S/C4H8INO2S/c5-2-6-3(1-9)4(7)8/h3,6,9H,1-2H2,(H,7,8)/t3-/m0/s1. The predicted molar refractivity (Wildman–Crippen MR) is 47.3 cm³/mol. The molecule has 0 aliphatic rings. The number of carboxylic acid groups (broad SMARTS) is 1. The number of alkyl halides is 1. The molecule has 0 fully saturated rings. The van der Waals surface area contributed by atoms with Crippen LogP contribution in [0.3, 0.4) is 0 Å². The van der Waals surface area contributed by atoms with E-state index in [4.69, 9.17) is 5.11 Å². The molecule has 2 N–H and O–H groups in total. The molecule has 54 valence electrons. The van der Waals surface area contributed by atoms with Crippen LogP contribution in [0.1, 0.15) is 0 Å². The Kier molecular flexibility index (Phi) is 5.61. The average Bonchev–Trinajstić information content (AvgIpc) is 1.82. The van der Waals surface area contributed by atoms with Crippen LogP contribution >= 0.6 is 35.2 Å². The average molecular weight is 261 g/mol. The zero-order valence-corrected chi connectivity index (χ0v) is 7.72. The quantitative estimate of drug-likeness (QED) is 0.296. The van der Waals surface area contributed by atoms with E-state index in [9.17, 15) is 4.79 Å². The van der Waals surface area contributed by atoms with E-state index in [-0.39, 0.29) is 0 Å². The van der Waals surface area contributed by atoms with Gasteiger partial charge >= 0.3 is 5.97 Å². The lowest BCUT2D eigenvalue weighted by atomic mass is 10.3. The van der Waals surface area contributed by atoms with Crippen molar-refractivity contribution in [3.63, 3.8) is 0 Å². The minimum atomic E-state index is -0.846. The molecule has 0 saturated heterocycles. The minimum Gasteiger partial charge on any atom is -0.480 e. The molecule has 0 heterocycles. The number of thiol groups is 1. The van der Waals surface area contributed by atoms with Gasteiger partial charge in [0.2, 0.25) is 0 Å². The number of hydrogen-bond donors (Lipinski definition) is 3. The summed E-state index contributed by atoms with van der Waals surface area (Å²) in [5, 5.41) is 11.1. The highest BCUT2D eigenvalue weighted by Gasteiger charge is 2.12. The van der Waals surface area contributed by atoms with Crippen LogP contribution in [0.15, 0.2) is 0 Å². The van der Waals surface area contributed by atoms with Gasteiger partial charge in [0.1, 0.15) is 6.04 Å². The molecular formula is C4H8INO2S. The number of rotatable bonds is 4. The van der Waals surface area contributed by atoms with Crippen LogP contribution in [0.25, 0.3) is 0 Å². The van der Waals surface area contributed by atoms with Crippen molar-refractivity contribution in [1.29, 1.82) is 0 Å². The number of nitrogens with one attached hydrogen (secondary N) is 1. The third-order valence-corrected chi connectivity index (χ3v) is 1.61. The van der Waals surface area contributed by atoms with Crippen molar-refractivity contribution >= 4 is 41.2 Å². The largest absolute Gasteiger partial charge is 0.480 e. The van der Waals surface area contributed by atoms with Gasteiger partial charge in [0.05, 0.1) is 0 Å². The predicted octanol–water partition coefficient (Wildman–Crippen LogP) is 0.352. The van der Waals surface area contributed by atoms with Crippen molar-refractivity contribution in [1.82, 2.24) is 5.32 Å². The molecule has 9 heavy (non-hydrogen) atoms. The maximum Gasteiger partial charge on any atom is 0.321 e. The number of carbonyl (C=O) groups is 1. The number of halogens is 1. The van der Waals surface area contributed by atoms with Crippen molar-refractivity contribution in [2.24, 2.45) is 0 Å². The highest BCUT2D eigenvalue weighted by Crippen LogP contribution is 1.88. The van der Waals surface area contributed by atoms with Gasteiger partial charge in [-0.2, -0.15) is 12.6 Å². The van der Waals surface area contributed by atoms with Gasteiger partial charge in [-0.1, -0.05) is 22.6 Å². The van der Waals surface area contributed by atoms with Gasteiger partial charge in [-0.05, 0) is 0 Å². The van der Waals surface area contributed by atoms with E-state index >= 15 is 0 Å². The zero-order valence-electron chi connectivity index (χ0n) is 4.67. The summed E-state index contributed by atoms with van der Waals surface area (Å²) in [5.41, 5.74) is 0. The van der Waals surface area contributed by atoms with Gasteiger partial charge in [-0.15, -0.1) is 0 Å². The Morgan fingerprint density at radius 3 is 2.56 bits per heavy atom. The van der Waals surface area contributed by atoms with Crippen LogP contribution in [0.5, 0.6) is 0 Å². The zero-order chi connectivity index (χ0) is 7.28. The fourth-order valence-corrected chi connectivity index (χ4v) is 1.14. The number of aliphatic carboxylic acids is 1. The minimum absolute atomic E-state index is 0.332. The van der Waals surface area contributed by atoms with E-state index < -0.39 is 12.0 Å². The maximum absolute atomic E-state index is 10.2. The van der Waals surface area contributed by atoms with Gasteiger partial charge in [-0.25, -0.2) is 0 Å². The van der Waals surface area contributed by atoms with E-state index in [2.05, 4.69) is 40.5 Å². The molecule has 0 spiro atoms. The Morgan fingerprint density at radius 2 is 2.44 bits per heavy atom. The van der Waals surface area contributed by atoms with E-state index in [1.165, 1.54) is 0 Å². The van der Waals surface area contributed by atoms with Gasteiger partial charge in [-0.3, -0.25) is 10.1 Å². The first-order valence-electron chi connectivity index (χ1n) is 2.35. The molecule has 0 aromatic heterocycles.